The van der Waals surface area contributed by atoms with E-state index < -0.39 is 5.97 Å². The maximum absolute atomic E-state index is 12.0. The zero-order chi connectivity index (χ0) is 16.1. The fourth-order valence-corrected chi connectivity index (χ4v) is 3.04. The zero-order valence-electron chi connectivity index (χ0n) is 12.0. The van der Waals surface area contributed by atoms with E-state index in [4.69, 9.17) is 5.11 Å². The number of aromatic nitrogens is 1. The van der Waals surface area contributed by atoms with Crippen LogP contribution in [-0.2, 0) is 16.0 Å². The molecule has 1 amide bonds. The number of thiazole rings is 1. The quantitative estimate of drug-likeness (QED) is 0.833. The first kappa shape index (κ1) is 16.6. The monoisotopic (exact) mass is 382 g/mol. The van der Waals surface area contributed by atoms with Crippen LogP contribution >= 0.6 is 27.3 Å². The van der Waals surface area contributed by atoms with E-state index in [1.165, 1.54) is 16.2 Å². The number of carboxylic acid groups (broad SMARTS) is 1. The molecule has 0 saturated heterocycles. The van der Waals surface area contributed by atoms with Crippen molar-refractivity contribution in [3.8, 4) is 10.6 Å². The summed E-state index contributed by atoms with van der Waals surface area (Å²) >= 11 is 4.91. The zero-order valence-corrected chi connectivity index (χ0v) is 14.4. The molecule has 0 atom stereocenters. The van der Waals surface area contributed by atoms with Gasteiger partial charge in [0.1, 0.15) is 5.01 Å². The van der Waals surface area contributed by atoms with E-state index in [9.17, 15) is 9.59 Å². The molecule has 1 aromatic heterocycles. The second-order valence-electron chi connectivity index (χ2n) is 4.79. The molecule has 5 nitrogen and oxygen atoms in total. The number of carbonyl (C=O) groups excluding carboxylic acids is 1. The van der Waals surface area contributed by atoms with Crippen LogP contribution in [0.4, 0.5) is 0 Å². The SMILES string of the molecule is CN(CCC(=O)O)C(=O)Cc1csc(-c2cccc(Br)c2)n1. The minimum atomic E-state index is -0.912. The third-order valence-corrected chi connectivity index (χ3v) is 4.48. The van der Waals surface area contributed by atoms with Crippen molar-refractivity contribution in [1.29, 1.82) is 0 Å². The Morgan fingerprint density at radius 1 is 1.41 bits per heavy atom. The number of rotatable bonds is 6. The van der Waals surface area contributed by atoms with Gasteiger partial charge in [-0.2, -0.15) is 0 Å². The summed E-state index contributed by atoms with van der Waals surface area (Å²) in [4.78, 5) is 28.4. The van der Waals surface area contributed by atoms with E-state index >= 15 is 0 Å². The summed E-state index contributed by atoms with van der Waals surface area (Å²) in [5.74, 6) is -1.04. The van der Waals surface area contributed by atoms with Gasteiger partial charge in [0.15, 0.2) is 0 Å². The van der Waals surface area contributed by atoms with Crippen molar-refractivity contribution in [3.05, 3.63) is 39.8 Å². The highest BCUT2D eigenvalue weighted by molar-refractivity contribution is 9.10. The average molecular weight is 383 g/mol. The first-order valence-corrected chi connectivity index (χ1v) is 8.29. The Labute approximate surface area is 140 Å². The number of halogens is 1. The molecule has 7 heteroatoms. The predicted molar refractivity (Wildman–Crippen MR) is 88.8 cm³/mol. The summed E-state index contributed by atoms with van der Waals surface area (Å²) in [6.45, 7) is 0.205. The summed E-state index contributed by atoms with van der Waals surface area (Å²) in [5, 5.41) is 11.4. The summed E-state index contributed by atoms with van der Waals surface area (Å²) < 4.78 is 0.978. The van der Waals surface area contributed by atoms with Crippen LogP contribution in [0, 0.1) is 0 Å². The molecule has 2 aromatic rings. The molecule has 0 fully saturated rings. The van der Waals surface area contributed by atoms with E-state index in [1.807, 2.05) is 29.6 Å². The molecule has 116 valence electrons. The second kappa shape index (κ2) is 7.51. The van der Waals surface area contributed by atoms with Crippen LogP contribution in [0.2, 0.25) is 0 Å². The highest BCUT2D eigenvalue weighted by atomic mass is 79.9. The van der Waals surface area contributed by atoms with Crippen molar-refractivity contribution in [2.24, 2.45) is 0 Å². The Morgan fingerprint density at radius 3 is 2.86 bits per heavy atom. The van der Waals surface area contributed by atoms with Crippen molar-refractivity contribution < 1.29 is 14.7 Å². The lowest BCUT2D eigenvalue weighted by Crippen LogP contribution is -2.30. The van der Waals surface area contributed by atoms with Gasteiger partial charge in [0.2, 0.25) is 5.91 Å². The number of amides is 1. The normalized spacial score (nSPS) is 10.5. The lowest BCUT2D eigenvalue weighted by Gasteiger charge is -2.15. The van der Waals surface area contributed by atoms with Crippen LogP contribution in [0.25, 0.3) is 10.6 Å². The van der Waals surface area contributed by atoms with E-state index in [0.717, 1.165) is 15.0 Å². The summed E-state index contributed by atoms with van der Waals surface area (Å²) in [5.41, 5.74) is 1.70. The van der Waals surface area contributed by atoms with Crippen molar-refractivity contribution in [3.63, 3.8) is 0 Å². The molecule has 2 rings (SSSR count). The van der Waals surface area contributed by atoms with Gasteiger partial charge in [0, 0.05) is 29.0 Å². The number of hydrogen-bond acceptors (Lipinski definition) is 4. The highest BCUT2D eigenvalue weighted by Gasteiger charge is 2.13. The molecule has 1 heterocycles. The molecule has 0 spiro atoms. The van der Waals surface area contributed by atoms with Crippen molar-refractivity contribution in [2.75, 3.05) is 13.6 Å². The Kier molecular flexibility index (Phi) is 5.68. The fourth-order valence-electron chi connectivity index (χ4n) is 1.82. The lowest BCUT2D eigenvalue weighted by atomic mass is 10.2. The molecule has 0 aliphatic heterocycles. The van der Waals surface area contributed by atoms with Gasteiger partial charge in [-0.1, -0.05) is 28.1 Å². The summed E-state index contributed by atoms with van der Waals surface area (Å²) in [7, 11) is 1.60. The van der Waals surface area contributed by atoms with Gasteiger partial charge in [0.25, 0.3) is 0 Å². The van der Waals surface area contributed by atoms with Crippen LogP contribution in [0.1, 0.15) is 12.1 Å². The first-order chi connectivity index (χ1) is 10.5. The van der Waals surface area contributed by atoms with E-state index in [0.29, 0.717) is 5.69 Å². The van der Waals surface area contributed by atoms with Crippen molar-refractivity contribution >= 4 is 39.1 Å². The standard InChI is InChI=1S/C15H15BrN2O3S/c1-18(6-5-14(20)21)13(19)8-12-9-22-15(17-12)10-3-2-4-11(16)7-10/h2-4,7,9H,5-6,8H2,1H3,(H,20,21). The summed E-state index contributed by atoms with van der Waals surface area (Å²) in [6, 6.07) is 7.82. The molecular weight excluding hydrogens is 368 g/mol. The van der Waals surface area contributed by atoms with Crippen LogP contribution in [0.15, 0.2) is 34.1 Å². The van der Waals surface area contributed by atoms with Gasteiger partial charge in [-0.3, -0.25) is 9.59 Å². The molecule has 0 radical (unpaired) electrons. The average Bonchev–Trinajstić information content (AvgIpc) is 2.93. The maximum Gasteiger partial charge on any atom is 0.305 e. The topological polar surface area (TPSA) is 70.5 Å². The molecule has 22 heavy (non-hydrogen) atoms. The third-order valence-electron chi connectivity index (χ3n) is 3.04. The fraction of sp³-hybridized carbons (Fsp3) is 0.267. The van der Waals surface area contributed by atoms with Crippen LogP contribution in [0.3, 0.4) is 0 Å². The first-order valence-electron chi connectivity index (χ1n) is 6.62. The van der Waals surface area contributed by atoms with Gasteiger partial charge in [0.05, 0.1) is 18.5 Å². The molecule has 1 N–H and O–H groups in total. The van der Waals surface area contributed by atoms with Crippen LogP contribution < -0.4 is 0 Å². The van der Waals surface area contributed by atoms with E-state index in [2.05, 4.69) is 20.9 Å². The number of likely N-dealkylation sites (N-methyl/N-ethyl adjacent to an activating group) is 1. The van der Waals surface area contributed by atoms with Crippen molar-refractivity contribution in [1.82, 2.24) is 9.88 Å². The summed E-state index contributed by atoms with van der Waals surface area (Å²) in [6.07, 6.45) is 0.128. The number of nitrogens with zero attached hydrogens (tertiary/aromatic N) is 2. The number of carboxylic acids is 1. The number of hydrogen-bond donors (Lipinski definition) is 1. The minimum Gasteiger partial charge on any atom is -0.481 e. The van der Waals surface area contributed by atoms with E-state index in [1.54, 1.807) is 7.05 Å². The van der Waals surface area contributed by atoms with Crippen LogP contribution in [-0.4, -0.2) is 40.5 Å². The van der Waals surface area contributed by atoms with Crippen LogP contribution in [0.5, 0.6) is 0 Å². The van der Waals surface area contributed by atoms with Gasteiger partial charge < -0.3 is 10.0 Å². The van der Waals surface area contributed by atoms with Gasteiger partial charge >= 0.3 is 5.97 Å². The highest BCUT2D eigenvalue weighted by Crippen LogP contribution is 2.26. The minimum absolute atomic E-state index is 0.0530. The largest absolute Gasteiger partial charge is 0.481 e. The van der Waals surface area contributed by atoms with Gasteiger partial charge in [-0.05, 0) is 12.1 Å². The molecule has 0 saturated carbocycles. The number of aliphatic carboxylic acids is 1. The molecule has 0 aliphatic rings. The lowest BCUT2D eigenvalue weighted by molar-refractivity contribution is -0.138. The van der Waals surface area contributed by atoms with Crippen molar-refractivity contribution in [2.45, 2.75) is 12.8 Å². The smallest absolute Gasteiger partial charge is 0.305 e. The Hall–Kier alpha value is -1.73. The molecule has 0 unspecified atom stereocenters. The number of benzene rings is 1. The molecular formula is C15H15BrN2O3S. The molecule has 0 bridgehead atoms. The Bertz CT molecular complexity index is 687. The molecule has 0 aliphatic carbocycles. The second-order valence-corrected chi connectivity index (χ2v) is 6.56. The maximum atomic E-state index is 12.0. The third kappa shape index (κ3) is 4.64. The number of carbonyl (C=O) groups is 2. The Morgan fingerprint density at radius 2 is 2.18 bits per heavy atom. The molecule has 1 aromatic carbocycles. The van der Waals surface area contributed by atoms with E-state index in [-0.39, 0.29) is 25.3 Å². The van der Waals surface area contributed by atoms with Gasteiger partial charge in [-0.25, -0.2) is 4.98 Å². The Balaban J connectivity index is 2.00. The predicted octanol–water partition coefficient (Wildman–Crippen LogP) is 3.05. The van der Waals surface area contributed by atoms with Gasteiger partial charge in [-0.15, -0.1) is 11.3 Å².